The van der Waals surface area contributed by atoms with Gasteiger partial charge >= 0.3 is 0 Å². The van der Waals surface area contributed by atoms with Crippen molar-refractivity contribution in [2.45, 2.75) is 12.5 Å². The van der Waals surface area contributed by atoms with Gasteiger partial charge in [-0.1, -0.05) is 30.3 Å². The minimum atomic E-state index is -0.476. The summed E-state index contributed by atoms with van der Waals surface area (Å²) in [4.78, 5) is 31.3. The van der Waals surface area contributed by atoms with Gasteiger partial charge in [0.05, 0.1) is 41.8 Å². The van der Waals surface area contributed by atoms with Gasteiger partial charge in [0.25, 0.3) is 0 Å². The first kappa shape index (κ1) is 27.6. The minimum absolute atomic E-state index is 0.0564. The van der Waals surface area contributed by atoms with Crippen molar-refractivity contribution in [3.63, 3.8) is 0 Å². The number of amides is 1. The van der Waals surface area contributed by atoms with Gasteiger partial charge in [-0.3, -0.25) is 9.63 Å². The van der Waals surface area contributed by atoms with Crippen molar-refractivity contribution in [3.05, 3.63) is 71.8 Å². The van der Waals surface area contributed by atoms with E-state index < -0.39 is 11.9 Å². The maximum atomic E-state index is 14.8. The van der Waals surface area contributed by atoms with Crippen molar-refractivity contribution in [1.82, 2.24) is 14.9 Å². The molecule has 5 rings (SSSR count). The van der Waals surface area contributed by atoms with Crippen LogP contribution in [0.1, 0.15) is 18.0 Å². The van der Waals surface area contributed by atoms with Crippen molar-refractivity contribution in [2.75, 3.05) is 67.5 Å². The molecule has 2 fully saturated rings. The number of halogens is 2. The van der Waals surface area contributed by atoms with Crippen LogP contribution >= 0.6 is 11.6 Å². The van der Waals surface area contributed by atoms with Crippen LogP contribution in [0.15, 0.2) is 55.4 Å². The van der Waals surface area contributed by atoms with E-state index in [1.165, 1.54) is 18.5 Å². The largest absolute Gasteiger partial charge is 0.494 e. The van der Waals surface area contributed by atoms with E-state index in [1.807, 2.05) is 12.1 Å². The number of hydroxylamine groups is 1. The lowest BCUT2D eigenvalue weighted by Crippen LogP contribution is -2.44. The van der Waals surface area contributed by atoms with Gasteiger partial charge in [0.15, 0.2) is 5.82 Å². The van der Waals surface area contributed by atoms with Crippen LogP contribution in [-0.2, 0) is 9.63 Å². The molecule has 12 heteroatoms. The monoisotopic (exact) mass is 567 g/mol. The maximum absolute atomic E-state index is 14.8. The highest BCUT2D eigenvalue weighted by molar-refractivity contribution is 6.30. The number of piperazine rings is 1. The fourth-order valence-corrected chi connectivity index (χ4v) is 5.04. The van der Waals surface area contributed by atoms with Crippen LogP contribution in [0, 0.1) is 5.82 Å². The number of likely N-dealkylation sites (N-methyl/N-ethyl adjacent to an activating group) is 1. The molecule has 0 saturated carbocycles. The van der Waals surface area contributed by atoms with Crippen LogP contribution in [0.2, 0.25) is 5.02 Å². The van der Waals surface area contributed by atoms with E-state index in [-0.39, 0.29) is 10.9 Å². The SMILES string of the molecule is C=CC(=O)Nc1cc(Nc2cc(N3OCC[C@@H]3c3cccc(Cl)c3F)ncn2)c(OC)cc1N1CCN(C)CC1. The summed E-state index contributed by atoms with van der Waals surface area (Å²) in [6.45, 7) is 7.40. The summed E-state index contributed by atoms with van der Waals surface area (Å²) in [5, 5.41) is 7.83. The van der Waals surface area contributed by atoms with Crippen molar-refractivity contribution >= 4 is 46.2 Å². The average molecular weight is 568 g/mol. The zero-order valence-corrected chi connectivity index (χ0v) is 23.1. The summed E-state index contributed by atoms with van der Waals surface area (Å²) in [5.41, 5.74) is 2.49. The fourth-order valence-electron chi connectivity index (χ4n) is 4.86. The number of nitrogens with zero attached hydrogens (tertiary/aromatic N) is 5. The van der Waals surface area contributed by atoms with Crippen LogP contribution in [0.25, 0.3) is 0 Å². The Bertz CT molecular complexity index is 1400. The summed E-state index contributed by atoms with van der Waals surface area (Å²) in [5.74, 6) is 0.685. The Morgan fingerprint density at radius 1 is 1.20 bits per heavy atom. The van der Waals surface area contributed by atoms with E-state index in [0.29, 0.717) is 47.4 Å². The lowest BCUT2D eigenvalue weighted by molar-refractivity contribution is -0.111. The van der Waals surface area contributed by atoms with Gasteiger partial charge in [-0.2, -0.15) is 0 Å². The number of benzene rings is 2. The van der Waals surface area contributed by atoms with Gasteiger partial charge in [-0.05, 0) is 25.3 Å². The molecule has 1 atom stereocenters. The Hall–Kier alpha value is -3.93. The highest BCUT2D eigenvalue weighted by Crippen LogP contribution is 2.40. The van der Waals surface area contributed by atoms with Crippen molar-refractivity contribution < 1.29 is 18.8 Å². The summed E-state index contributed by atoms with van der Waals surface area (Å²) < 4.78 is 20.5. The van der Waals surface area contributed by atoms with Crippen LogP contribution in [0.4, 0.5) is 33.1 Å². The standard InChI is InChI=1S/C28H31ClFN7O3/c1-4-27(38)34-20-14-21(24(39-3)15-23(20)36-11-9-35(2)10-12-36)33-25-16-26(32-17-31-25)37-22(8-13-40-37)18-6-5-7-19(29)28(18)30/h4-7,14-17,22H,1,8-13H2,2-3H3,(H,34,38)(H,31,32,33)/t22-/m1/s1. The van der Waals surface area contributed by atoms with Gasteiger partial charge in [-0.15, -0.1) is 0 Å². The van der Waals surface area contributed by atoms with Crippen LogP contribution in [0.3, 0.4) is 0 Å². The molecule has 2 aromatic carbocycles. The number of carbonyl (C=O) groups excluding carboxylic acids is 1. The Morgan fingerprint density at radius 3 is 2.75 bits per heavy atom. The number of aromatic nitrogens is 2. The van der Waals surface area contributed by atoms with Gasteiger partial charge in [0.2, 0.25) is 5.91 Å². The molecule has 3 aromatic rings. The summed E-state index contributed by atoms with van der Waals surface area (Å²) in [6, 6.07) is 9.94. The number of methoxy groups -OCH3 is 1. The Balaban J connectivity index is 1.45. The molecule has 0 spiro atoms. The minimum Gasteiger partial charge on any atom is -0.494 e. The quantitative estimate of drug-likeness (QED) is 0.373. The number of hydrogen-bond acceptors (Lipinski definition) is 9. The first-order valence-corrected chi connectivity index (χ1v) is 13.3. The Kier molecular flexibility index (Phi) is 8.34. The third-order valence-corrected chi connectivity index (χ3v) is 7.28. The average Bonchev–Trinajstić information content (AvgIpc) is 3.45. The highest BCUT2D eigenvalue weighted by atomic mass is 35.5. The molecular formula is C28H31ClFN7O3. The third-order valence-electron chi connectivity index (χ3n) is 6.99. The predicted octanol–water partition coefficient (Wildman–Crippen LogP) is 4.78. The number of anilines is 5. The van der Waals surface area contributed by atoms with Crippen LogP contribution in [-0.4, -0.2) is 67.7 Å². The van der Waals surface area contributed by atoms with E-state index in [0.717, 1.165) is 31.9 Å². The second-order valence-electron chi connectivity index (χ2n) is 9.55. The molecule has 2 N–H and O–H groups in total. The van der Waals surface area contributed by atoms with E-state index in [9.17, 15) is 9.18 Å². The zero-order chi connectivity index (χ0) is 28.2. The van der Waals surface area contributed by atoms with Gasteiger partial charge in [0, 0.05) is 50.3 Å². The summed E-state index contributed by atoms with van der Waals surface area (Å²) in [6.07, 6.45) is 3.20. The number of hydrogen-bond donors (Lipinski definition) is 2. The third kappa shape index (κ3) is 5.81. The normalized spacial score (nSPS) is 17.6. The van der Waals surface area contributed by atoms with Gasteiger partial charge < -0.3 is 25.2 Å². The van der Waals surface area contributed by atoms with Crippen molar-refractivity contribution in [1.29, 1.82) is 0 Å². The molecule has 1 aromatic heterocycles. The van der Waals surface area contributed by atoms with Gasteiger partial charge in [-0.25, -0.2) is 19.4 Å². The first-order valence-electron chi connectivity index (χ1n) is 12.9. The van der Waals surface area contributed by atoms with E-state index >= 15 is 0 Å². The second-order valence-corrected chi connectivity index (χ2v) is 9.95. The predicted molar refractivity (Wildman–Crippen MR) is 154 cm³/mol. The number of ether oxygens (including phenoxy) is 1. The molecule has 2 aliphatic heterocycles. The lowest BCUT2D eigenvalue weighted by Gasteiger charge is -2.35. The van der Waals surface area contributed by atoms with E-state index in [2.05, 4.69) is 44.0 Å². The molecule has 0 aliphatic carbocycles. The van der Waals surface area contributed by atoms with E-state index in [1.54, 1.807) is 30.4 Å². The molecule has 3 heterocycles. The molecule has 0 radical (unpaired) electrons. The lowest BCUT2D eigenvalue weighted by atomic mass is 10.0. The smallest absolute Gasteiger partial charge is 0.247 e. The Labute approximate surface area is 237 Å². The number of rotatable bonds is 8. The summed E-state index contributed by atoms with van der Waals surface area (Å²) >= 11 is 6.03. The van der Waals surface area contributed by atoms with Gasteiger partial charge in [0.1, 0.15) is 23.7 Å². The van der Waals surface area contributed by atoms with E-state index in [4.69, 9.17) is 21.2 Å². The molecular weight excluding hydrogens is 537 g/mol. The topological polar surface area (TPSA) is 95.1 Å². The number of nitrogens with one attached hydrogen (secondary N) is 2. The zero-order valence-electron chi connectivity index (χ0n) is 22.4. The maximum Gasteiger partial charge on any atom is 0.247 e. The molecule has 0 unspecified atom stereocenters. The van der Waals surface area contributed by atoms with Crippen LogP contribution < -0.4 is 25.3 Å². The Morgan fingerprint density at radius 2 is 2.00 bits per heavy atom. The fraction of sp³-hybridized carbons (Fsp3) is 0.321. The molecule has 10 nitrogen and oxygen atoms in total. The molecule has 40 heavy (non-hydrogen) atoms. The summed E-state index contributed by atoms with van der Waals surface area (Å²) in [7, 11) is 3.67. The highest BCUT2D eigenvalue weighted by Gasteiger charge is 2.32. The van der Waals surface area contributed by atoms with Crippen LogP contribution in [0.5, 0.6) is 5.75 Å². The molecule has 2 saturated heterocycles. The molecule has 0 bridgehead atoms. The molecule has 210 valence electrons. The molecule has 2 aliphatic rings. The number of carbonyl (C=O) groups is 1. The first-order chi connectivity index (χ1) is 19.4. The molecule has 1 amide bonds. The van der Waals surface area contributed by atoms with Crippen molar-refractivity contribution in [3.8, 4) is 5.75 Å². The van der Waals surface area contributed by atoms with Crippen molar-refractivity contribution in [2.24, 2.45) is 0 Å². The second kappa shape index (κ2) is 12.1.